The molecule has 206 valence electrons. The summed E-state index contributed by atoms with van der Waals surface area (Å²) in [5.41, 5.74) is 5.96. The number of rotatable bonds is 3. The van der Waals surface area contributed by atoms with Crippen molar-refractivity contribution >= 4 is 48.5 Å². The van der Waals surface area contributed by atoms with Gasteiger partial charge in [0.25, 0.3) is 0 Å². The average molecular weight is 623 g/mol. The summed E-state index contributed by atoms with van der Waals surface area (Å²) in [7, 11) is -3.51. The van der Waals surface area contributed by atoms with Crippen molar-refractivity contribution in [3.8, 4) is 0 Å². The molecule has 4 aromatic carbocycles. The van der Waals surface area contributed by atoms with Gasteiger partial charge in [-0.3, -0.25) is 0 Å². The van der Waals surface area contributed by atoms with E-state index in [1.165, 1.54) is 32.3 Å². The molecule has 3 nitrogen and oxygen atoms in total. The standard InChI is InChI=1S/C26H23BrO2S.C10H9N/c1-17-9-11-20(12-10-17)30(28,29)25-8-4-7-23-22(25)13-14-24-21-6-3-2-5-18(21)15-19(16-27)26(23)24;1-2-7-10-9(5-1)6-3-4-8-11-10/h2-3,5-6,9-15,19H,4,7-8,16H2,1H3;1-8,11H. The second-order valence-electron chi connectivity index (χ2n) is 10.6. The summed E-state index contributed by atoms with van der Waals surface area (Å²) in [5.74, 6) is 0.242. The molecule has 0 saturated carbocycles. The molecule has 1 atom stereocenters. The average Bonchev–Trinajstić information content (AvgIpc) is 3.26. The smallest absolute Gasteiger partial charge is 0.203 e. The number of halogens is 1. The number of fused-ring (bicyclic) bond motifs is 5. The van der Waals surface area contributed by atoms with Gasteiger partial charge in [-0.05, 0) is 88.0 Å². The maximum Gasteiger partial charge on any atom is 0.203 e. The van der Waals surface area contributed by atoms with Crippen LogP contribution >= 0.6 is 15.9 Å². The Morgan fingerprint density at radius 3 is 2.41 bits per heavy atom. The zero-order valence-corrected chi connectivity index (χ0v) is 25.4. The van der Waals surface area contributed by atoms with Gasteiger partial charge in [0, 0.05) is 23.1 Å². The summed E-state index contributed by atoms with van der Waals surface area (Å²) < 4.78 is 27.0. The van der Waals surface area contributed by atoms with E-state index in [-0.39, 0.29) is 5.92 Å². The molecule has 0 radical (unpaired) electrons. The Labute approximate surface area is 250 Å². The van der Waals surface area contributed by atoms with E-state index in [2.05, 4.69) is 75.9 Å². The molecule has 2 aliphatic carbocycles. The van der Waals surface area contributed by atoms with Crippen LogP contribution in [0.25, 0.3) is 17.1 Å². The first-order chi connectivity index (χ1) is 20.0. The van der Waals surface area contributed by atoms with E-state index in [0.29, 0.717) is 16.2 Å². The van der Waals surface area contributed by atoms with E-state index in [1.807, 2.05) is 55.6 Å². The van der Waals surface area contributed by atoms with E-state index in [0.717, 1.165) is 34.6 Å². The zero-order chi connectivity index (χ0) is 28.4. The van der Waals surface area contributed by atoms with Gasteiger partial charge >= 0.3 is 0 Å². The molecule has 1 heterocycles. The molecule has 41 heavy (non-hydrogen) atoms. The van der Waals surface area contributed by atoms with E-state index in [4.69, 9.17) is 0 Å². The predicted molar refractivity (Wildman–Crippen MR) is 174 cm³/mol. The number of hydrogen-bond donors (Lipinski definition) is 1. The van der Waals surface area contributed by atoms with Crippen LogP contribution in [0.15, 0.2) is 108 Å². The fraction of sp³-hybridized carbons (Fsp3) is 0.167. The van der Waals surface area contributed by atoms with Gasteiger partial charge in [-0.1, -0.05) is 106 Å². The number of benzene rings is 4. The van der Waals surface area contributed by atoms with Crippen LogP contribution in [0, 0.1) is 17.4 Å². The first-order valence-electron chi connectivity index (χ1n) is 14.0. The van der Waals surface area contributed by atoms with Crippen LogP contribution < -0.4 is 15.8 Å². The van der Waals surface area contributed by atoms with Crippen molar-refractivity contribution in [3.05, 3.63) is 146 Å². The third kappa shape index (κ3) is 5.37. The first-order valence-corrected chi connectivity index (χ1v) is 16.6. The number of alkyl halides is 1. The quantitative estimate of drug-likeness (QED) is 0.248. The van der Waals surface area contributed by atoms with Crippen molar-refractivity contribution < 1.29 is 8.42 Å². The van der Waals surface area contributed by atoms with Crippen LogP contribution in [0.3, 0.4) is 0 Å². The molecule has 0 fully saturated rings. The van der Waals surface area contributed by atoms with Crippen molar-refractivity contribution in [2.24, 2.45) is 0 Å². The molecule has 5 heteroatoms. The van der Waals surface area contributed by atoms with Crippen molar-refractivity contribution in [3.63, 3.8) is 0 Å². The molecule has 0 spiro atoms. The molecule has 1 unspecified atom stereocenters. The van der Waals surface area contributed by atoms with Gasteiger partial charge in [0.2, 0.25) is 9.84 Å². The lowest BCUT2D eigenvalue weighted by atomic mass is 9.84. The molecular formula is C36H32BrNO2S. The fourth-order valence-corrected chi connectivity index (χ4v) is 8.17. The Balaban J connectivity index is 0.000000229. The van der Waals surface area contributed by atoms with Crippen molar-refractivity contribution in [1.29, 1.82) is 0 Å². The second-order valence-corrected chi connectivity index (χ2v) is 13.2. The topological polar surface area (TPSA) is 46.2 Å². The minimum atomic E-state index is -3.51. The normalized spacial score (nSPS) is 16.4. The zero-order valence-electron chi connectivity index (χ0n) is 23.0. The summed E-state index contributed by atoms with van der Waals surface area (Å²) in [6, 6.07) is 28.1. The highest BCUT2D eigenvalue weighted by atomic mass is 79.9. The van der Waals surface area contributed by atoms with Gasteiger partial charge in [0.1, 0.15) is 0 Å². The van der Waals surface area contributed by atoms with Gasteiger partial charge in [-0.2, -0.15) is 0 Å². The molecule has 4 aromatic rings. The van der Waals surface area contributed by atoms with Gasteiger partial charge in [-0.15, -0.1) is 0 Å². The Kier molecular flexibility index (Phi) is 7.83. The predicted octanol–water partition coefficient (Wildman–Crippen LogP) is 7.11. The van der Waals surface area contributed by atoms with Gasteiger partial charge in [0.15, 0.2) is 0 Å². The summed E-state index contributed by atoms with van der Waals surface area (Å²) in [6.45, 7) is 1.97. The number of para-hydroxylation sites is 1. The van der Waals surface area contributed by atoms with Crippen molar-refractivity contribution in [1.82, 2.24) is 0 Å². The third-order valence-electron chi connectivity index (χ3n) is 8.00. The number of hydrogen-bond acceptors (Lipinski definition) is 3. The summed E-state index contributed by atoms with van der Waals surface area (Å²) in [5, 5.41) is 8.65. The lowest BCUT2D eigenvalue weighted by Gasteiger charge is -2.24. The van der Waals surface area contributed by atoms with Crippen LogP contribution in [0.4, 0.5) is 5.69 Å². The number of aryl methyl sites for hydroxylation is 1. The highest BCUT2D eigenvalue weighted by Crippen LogP contribution is 2.32. The van der Waals surface area contributed by atoms with Gasteiger partial charge < -0.3 is 5.32 Å². The molecular weight excluding hydrogens is 590 g/mol. The molecule has 1 aliphatic heterocycles. The minimum absolute atomic E-state index is 0.242. The van der Waals surface area contributed by atoms with Crippen molar-refractivity contribution in [2.45, 2.75) is 37.0 Å². The molecule has 7 rings (SSSR count). The first kappa shape index (κ1) is 27.5. The Hall–Kier alpha value is -3.67. The molecule has 0 saturated heterocycles. The van der Waals surface area contributed by atoms with Crippen LogP contribution in [-0.4, -0.2) is 13.7 Å². The third-order valence-corrected chi connectivity index (χ3v) is 10.7. The molecule has 1 N–H and O–H groups in total. The Morgan fingerprint density at radius 1 is 0.829 bits per heavy atom. The van der Waals surface area contributed by atoms with Gasteiger partial charge in [-0.25, -0.2) is 8.42 Å². The summed E-state index contributed by atoms with van der Waals surface area (Å²) >= 11 is 3.70. The Morgan fingerprint density at radius 2 is 1.59 bits per heavy atom. The molecule has 0 amide bonds. The Bertz CT molecular complexity index is 2010. The molecule has 0 aromatic heterocycles. The number of allylic oxidation sites excluding steroid dienone is 2. The van der Waals surface area contributed by atoms with Gasteiger partial charge in [0.05, 0.1) is 9.80 Å². The lowest BCUT2D eigenvalue weighted by Crippen LogP contribution is -2.27. The number of nitrogens with one attached hydrogen (secondary N) is 1. The van der Waals surface area contributed by atoms with E-state index in [9.17, 15) is 8.42 Å². The van der Waals surface area contributed by atoms with E-state index >= 15 is 0 Å². The maximum atomic E-state index is 13.5. The van der Waals surface area contributed by atoms with Crippen LogP contribution in [0.5, 0.6) is 0 Å². The second kappa shape index (κ2) is 11.7. The monoisotopic (exact) mass is 621 g/mol. The van der Waals surface area contributed by atoms with E-state index < -0.39 is 9.84 Å². The molecule has 3 aliphatic rings. The number of anilines is 1. The highest BCUT2D eigenvalue weighted by Gasteiger charge is 2.27. The summed E-state index contributed by atoms with van der Waals surface area (Å²) in [4.78, 5) is 0.963. The van der Waals surface area contributed by atoms with Crippen molar-refractivity contribution in [2.75, 3.05) is 10.6 Å². The van der Waals surface area contributed by atoms with Crippen LogP contribution in [-0.2, 0) is 16.3 Å². The van der Waals surface area contributed by atoms with E-state index in [1.54, 1.807) is 12.1 Å². The molecule has 0 bridgehead atoms. The largest absolute Gasteiger partial charge is 0.361 e. The SMILES string of the molecule is C1=CNc2ccccc2C=C1.Cc1ccc(S(=O)(=O)C2=c3ccc4c(c3CCC2)C(CBr)C=c2ccccc2=4)cc1. The number of sulfone groups is 1. The fourth-order valence-electron chi connectivity index (χ4n) is 5.99. The summed E-state index contributed by atoms with van der Waals surface area (Å²) in [6.07, 6.45) is 12.7. The highest BCUT2D eigenvalue weighted by molar-refractivity contribution is 9.09. The van der Waals surface area contributed by atoms with Crippen LogP contribution in [0.2, 0.25) is 0 Å². The minimum Gasteiger partial charge on any atom is -0.361 e. The van der Waals surface area contributed by atoms with Crippen LogP contribution in [0.1, 0.15) is 41.0 Å². The maximum absolute atomic E-state index is 13.5. The lowest BCUT2D eigenvalue weighted by molar-refractivity contribution is 0.603.